The number of benzene rings is 1. The number of nitrogens with one attached hydrogen (secondary N) is 1. The summed E-state index contributed by atoms with van der Waals surface area (Å²) in [6.45, 7) is 4.10. The van der Waals surface area contributed by atoms with Crippen molar-refractivity contribution in [1.82, 2.24) is 4.98 Å². The highest BCUT2D eigenvalue weighted by molar-refractivity contribution is 7.15. The van der Waals surface area contributed by atoms with Gasteiger partial charge in [-0.2, -0.15) is 0 Å². The van der Waals surface area contributed by atoms with Crippen molar-refractivity contribution in [2.45, 2.75) is 39.0 Å². The van der Waals surface area contributed by atoms with Crippen LogP contribution >= 0.6 is 11.3 Å². The fraction of sp³-hybridized carbons (Fsp3) is 0.333. The largest absolute Gasteiger partial charge is 0.464 e. The number of hydrogen-bond acceptors (Lipinski definition) is 4. The Morgan fingerprint density at radius 3 is 3.00 bits per heavy atom. The predicted octanol–water partition coefficient (Wildman–Crippen LogP) is 4.56. The molecule has 23 heavy (non-hydrogen) atoms. The first-order valence-corrected chi connectivity index (χ1v) is 8.65. The number of nitrogens with zero attached hydrogens (tertiary/aromatic N) is 1. The lowest BCUT2D eigenvalue weighted by Crippen LogP contribution is -2.13. The van der Waals surface area contributed by atoms with E-state index in [0.717, 1.165) is 22.1 Å². The number of fused-ring (bicyclic) bond motifs is 1. The molecule has 1 aliphatic carbocycles. The Labute approximate surface area is 138 Å². The maximum absolute atomic E-state index is 12.3. The van der Waals surface area contributed by atoms with Gasteiger partial charge in [-0.05, 0) is 43.7 Å². The summed E-state index contributed by atoms with van der Waals surface area (Å²) in [6, 6.07) is 4.09. The number of carbonyl (C=O) groups is 1. The molecule has 1 aliphatic rings. The zero-order valence-electron chi connectivity index (χ0n) is 13.2. The predicted molar refractivity (Wildman–Crippen MR) is 92.1 cm³/mol. The molecular weight excluding hydrogens is 308 g/mol. The monoisotopic (exact) mass is 326 g/mol. The van der Waals surface area contributed by atoms with Crippen LogP contribution in [0.15, 0.2) is 29.0 Å². The molecule has 1 N–H and O–H groups in total. The fourth-order valence-corrected chi connectivity index (χ4v) is 3.76. The van der Waals surface area contributed by atoms with Gasteiger partial charge in [-0.3, -0.25) is 4.79 Å². The van der Waals surface area contributed by atoms with E-state index in [1.807, 2.05) is 19.2 Å². The molecule has 2 heterocycles. The van der Waals surface area contributed by atoms with Crippen molar-refractivity contribution in [3.63, 3.8) is 0 Å². The summed E-state index contributed by atoms with van der Waals surface area (Å²) in [5.41, 5.74) is 4.11. The van der Waals surface area contributed by atoms with E-state index >= 15 is 0 Å². The summed E-state index contributed by atoms with van der Waals surface area (Å²) in [5.74, 6) is 0.616. The molecule has 4 nitrogen and oxygen atoms in total. The quantitative estimate of drug-likeness (QED) is 0.764. The van der Waals surface area contributed by atoms with Crippen molar-refractivity contribution in [3.05, 3.63) is 46.2 Å². The van der Waals surface area contributed by atoms with Gasteiger partial charge in [-0.15, -0.1) is 11.3 Å². The van der Waals surface area contributed by atoms with E-state index in [4.69, 9.17) is 4.42 Å². The first-order valence-electron chi connectivity index (χ1n) is 7.83. The van der Waals surface area contributed by atoms with Gasteiger partial charge in [0, 0.05) is 22.0 Å². The minimum absolute atomic E-state index is 0.0531. The number of thiazole rings is 1. The second-order valence-corrected chi connectivity index (χ2v) is 7.27. The zero-order chi connectivity index (χ0) is 16.0. The molecule has 0 saturated heterocycles. The third-order valence-electron chi connectivity index (χ3n) is 4.44. The molecule has 0 atom stereocenters. The minimum Gasteiger partial charge on any atom is -0.464 e. The van der Waals surface area contributed by atoms with Crippen LogP contribution in [0.25, 0.3) is 11.0 Å². The van der Waals surface area contributed by atoms with E-state index in [1.54, 1.807) is 17.6 Å². The Morgan fingerprint density at radius 2 is 2.22 bits per heavy atom. The van der Waals surface area contributed by atoms with E-state index in [2.05, 4.69) is 23.3 Å². The average Bonchev–Trinajstić information content (AvgIpc) is 3.15. The molecule has 0 spiro atoms. The molecule has 0 unspecified atom stereocenters. The Hall–Kier alpha value is -2.14. The Bertz CT molecular complexity index is 890. The molecule has 0 bridgehead atoms. The van der Waals surface area contributed by atoms with Crippen LogP contribution in [0, 0.1) is 13.8 Å². The van der Waals surface area contributed by atoms with Gasteiger partial charge in [0.15, 0.2) is 5.13 Å². The van der Waals surface area contributed by atoms with Gasteiger partial charge in [0.25, 0.3) is 0 Å². The van der Waals surface area contributed by atoms with E-state index in [9.17, 15) is 4.79 Å². The highest BCUT2D eigenvalue weighted by atomic mass is 32.1. The molecule has 1 amide bonds. The van der Waals surface area contributed by atoms with Crippen LogP contribution in [-0.4, -0.2) is 10.9 Å². The maximum Gasteiger partial charge on any atom is 0.230 e. The lowest BCUT2D eigenvalue weighted by Gasteiger charge is -2.02. The summed E-state index contributed by atoms with van der Waals surface area (Å²) in [5, 5.41) is 4.61. The van der Waals surface area contributed by atoms with Crippen LogP contribution in [0.3, 0.4) is 0 Å². The second kappa shape index (κ2) is 5.49. The third-order valence-corrected chi connectivity index (χ3v) is 5.52. The molecule has 2 aromatic heterocycles. The normalized spacial score (nSPS) is 14.3. The molecule has 3 aromatic rings. The third kappa shape index (κ3) is 2.77. The molecule has 1 fully saturated rings. The van der Waals surface area contributed by atoms with Crippen LogP contribution < -0.4 is 5.32 Å². The number of anilines is 1. The lowest BCUT2D eigenvalue weighted by atomic mass is 10.0. The summed E-state index contributed by atoms with van der Waals surface area (Å²) in [7, 11) is 0. The van der Waals surface area contributed by atoms with Crippen LogP contribution in [0.4, 0.5) is 5.13 Å². The number of amides is 1. The highest BCUT2D eigenvalue weighted by Crippen LogP contribution is 2.43. The van der Waals surface area contributed by atoms with Crippen molar-refractivity contribution in [2.24, 2.45) is 0 Å². The number of hydrogen-bond donors (Lipinski definition) is 1. The van der Waals surface area contributed by atoms with E-state index in [-0.39, 0.29) is 5.91 Å². The first kappa shape index (κ1) is 14.5. The molecular formula is C18H18N2O2S. The summed E-state index contributed by atoms with van der Waals surface area (Å²) in [4.78, 5) is 17.9. The van der Waals surface area contributed by atoms with Crippen molar-refractivity contribution in [3.8, 4) is 0 Å². The van der Waals surface area contributed by atoms with Crippen molar-refractivity contribution in [2.75, 3.05) is 5.32 Å². The highest BCUT2D eigenvalue weighted by Gasteiger charge is 2.26. The maximum atomic E-state index is 12.3. The van der Waals surface area contributed by atoms with Crippen LogP contribution in [0.5, 0.6) is 0 Å². The Morgan fingerprint density at radius 1 is 1.39 bits per heavy atom. The van der Waals surface area contributed by atoms with E-state index in [1.165, 1.54) is 23.3 Å². The molecule has 5 heteroatoms. The molecule has 118 valence electrons. The minimum atomic E-state index is -0.0531. The van der Waals surface area contributed by atoms with Gasteiger partial charge in [0.1, 0.15) is 5.58 Å². The van der Waals surface area contributed by atoms with Gasteiger partial charge in [0.2, 0.25) is 5.91 Å². The van der Waals surface area contributed by atoms with Gasteiger partial charge in [0.05, 0.1) is 12.7 Å². The molecule has 0 aliphatic heterocycles. The molecule has 4 rings (SSSR count). The van der Waals surface area contributed by atoms with Crippen LogP contribution in [0.2, 0.25) is 0 Å². The summed E-state index contributed by atoms with van der Waals surface area (Å²) < 4.78 is 5.66. The Balaban J connectivity index is 1.50. The first-order chi connectivity index (χ1) is 11.1. The number of aryl methyl sites for hydroxylation is 2. The molecule has 0 radical (unpaired) electrons. The SMILES string of the molecule is Cc1ccc2c(CC(=O)Nc3ncc(C4CC4)s3)coc2c1C. The van der Waals surface area contributed by atoms with E-state index < -0.39 is 0 Å². The summed E-state index contributed by atoms with van der Waals surface area (Å²) >= 11 is 1.59. The number of furan rings is 1. The Kier molecular flexibility index (Phi) is 3.45. The number of rotatable bonds is 4. The van der Waals surface area contributed by atoms with Crippen molar-refractivity contribution >= 4 is 33.3 Å². The van der Waals surface area contributed by atoms with Crippen molar-refractivity contribution < 1.29 is 9.21 Å². The van der Waals surface area contributed by atoms with Gasteiger partial charge < -0.3 is 9.73 Å². The summed E-state index contributed by atoms with van der Waals surface area (Å²) in [6.07, 6.45) is 6.37. The standard InChI is InChI=1S/C18H18N2O2S/c1-10-3-6-14-13(9-22-17(14)11(10)2)7-16(21)20-18-19-8-15(23-18)12-4-5-12/h3,6,8-9,12H,4-5,7H2,1-2H3,(H,19,20,21). The van der Waals surface area contributed by atoms with Gasteiger partial charge in [-0.1, -0.05) is 12.1 Å². The van der Waals surface area contributed by atoms with Crippen LogP contribution in [0.1, 0.15) is 40.3 Å². The van der Waals surface area contributed by atoms with Crippen molar-refractivity contribution in [1.29, 1.82) is 0 Å². The smallest absolute Gasteiger partial charge is 0.230 e. The zero-order valence-corrected chi connectivity index (χ0v) is 14.0. The number of carbonyl (C=O) groups excluding carboxylic acids is 1. The fourth-order valence-electron chi connectivity index (χ4n) is 2.76. The topological polar surface area (TPSA) is 55.1 Å². The second-order valence-electron chi connectivity index (χ2n) is 6.21. The molecule has 1 aromatic carbocycles. The average molecular weight is 326 g/mol. The molecule has 1 saturated carbocycles. The van der Waals surface area contributed by atoms with Gasteiger partial charge >= 0.3 is 0 Å². The number of aromatic nitrogens is 1. The lowest BCUT2D eigenvalue weighted by molar-refractivity contribution is -0.115. The van der Waals surface area contributed by atoms with E-state index in [0.29, 0.717) is 17.5 Å². The van der Waals surface area contributed by atoms with Crippen LogP contribution in [-0.2, 0) is 11.2 Å². The van der Waals surface area contributed by atoms with Gasteiger partial charge in [-0.25, -0.2) is 4.98 Å².